The Bertz CT molecular complexity index is 563. The zero-order chi connectivity index (χ0) is 12.4. The molecule has 2 aromatic carbocycles. The van der Waals surface area contributed by atoms with E-state index < -0.39 is 0 Å². The van der Waals surface area contributed by atoms with Gasteiger partial charge in [0.05, 0.1) is 0 Å². The minimum Gasteiger partial charge on any atom is -0.489 e. The van der Waals surface area contributed by atoms with Crippen LogP contribution in [0.25, 0.3) is 0 Å². The van der Waals surface area contributed by atoms with E-state index in [4.69, 9.17) is 4.74 Å². The molecular weight excluding hydrogens is 288 g/mol. The molecule has 0 amide bonds. The summed E-state index contributed by atoms with van der Waals surface area (Å²) in [7, 11) is 0. The van der Waals surface area contributed by atoms with E-state index in [0.29, 0.717) is 6.61 Å². The topological polar surface area (TPSA) is 9.23 Å². The van der Waals surface area contributed by atoms with E-state index in [1.54, 1.807) is 0 Å². The molecule has 0 bridgehead atoms. The van der Waals surface area contributed by atoms with Crippen LogP contribution in [-0.4, -0.2) is 0 Å². The third-order valence-corrected chi connectivity index (χ3v) is 3.86. The number of hydrogen-bond acceptors (Lipinski definition) is 1. The monoisotopic (exact) mass is 302 g/mol. The summed E-state index contributed by atoms with van der Waals surface area (Å²) >= 11 is 3.45. The molecule has 1 nitrogen and oxygen atoms in total. The van der Waals surface area contributed by atoms with E-state index in [-0.39, 0.29) is 0 Å². The van der Waals surface area contributed by atoms with Crippen molar-refractivity contribution in [2.24, 2.45) is 0 Å². The molecule has 0 aliphatic heterocycles. The van der Waals surface area contributed by atoms with Crippen molar-refractivity contribution in [1.82, 2.24) is 0 Å². The Balaban J connectivity index is 1.70. The normalized spacial score (nSPS) is 13.4. The highest BCUT2D eigenvalue weighted by molar-refractivity contribution is 9.10. The first kappa shape index (κ1) is 11.8. The van der Waals surface area contributed by atoms with Gasteiger partial charge in [-0.25, -0.2) is 0 Å². The molecule has 2 heteroatoms. The molecule has 0 spiro atoms. The first-order valence-electron chi connectivity index (χ1n) is 6.30. The van der Waals surface area contributed by atoms with Crippen molar-refractivity contribution in [3.8, 4) is 5.75 Å². The number of halogens is 1. The summed E-state index contributed by atoms with van der Waals surface area (Å²) < 4.78 is 6.85. The number of benzene rings is 2. The van der Waals surface area contributed by atoms with Gasteiger partial charge in [-0.15, -0.1) is 0 Å². The second-order valence-electron chi connectivity index (χ2n) is 4.70. The van der Waals surface area contributed by atoms with Gasteiger partial charge in [0, 0.05) is 4.47 Å². The second kappa shape index (κ2) is 5.15. The molecule has 2 aromatic rings. The van der Waals surface area contributed by atoms with Crippen LogP contribution in [0.15, 0.2) is 46.9 Å². The first-order valence-corrected chi connectivity index (χ1v) is 7.09. The Hall–Kier alpha value is -1.28. The summed E-state index contributed by atoms with van der Waals surface area (Å²) in [6.45, 7) is 0.643. The molecule has 0 saturated carbocycles. The third-order valence-electron chi connectivity index (χ3n) is 3.36. The van der Waals surface area contributed by atoms with Crippen LogP contribution in [-0.2, 0) is 19.4 Å². The Morgan fingerprint density at radius 3 is 2.78 bits per heavy atom. The molecule has 0 aromatic heterocycles. The lowest BCUT2D eigenvalue weighted by Gasteiger charge is -2.08. The summed E-state index contributed by atoms with van der Waals surface area (Å²) in [5, 5.41) is 0. The number of aryl methyl sites for hydroxylation is 2. The van der Waals surface area contributed by atoms with E-state index in [1.807, 2.05) is 24.3 Å². The maximum atomic E-state index is 5.80. The van der Waals surface area contributed by atoms with Gasteiger partial charge < -0.3 is 4.74 Å². The molecule has 1 aliphatic rings. The average Bonchev–Trinajstić information content (AvgIpc) is 2.84. The van der Waals surface area contributed by atoms with E-state index in [1.165, 1.54) is 36.0 Å². The van der Waals surface area contributed by atoms with Crippen LogP contribution in [0.2, 0.25) is 0 Å². The maximum absolute atomic E-state index is 5.80. The smallest absolute Gasteiger partial charge is 0.120 e. The fourth-order valence-electron chi connectivity index (χ4n) is 2.44. The van der Waals surface area contributed by atoms with Gasteiger partial charge in [-0.05, 0) is 54.2 Å². The average molecular weight is 303 g/mol. The van der Waals surface area contributed by atoms with E-state index in [2.05, 4.69) is 34.1 Å². The lowest BCUT2D eigenvalue weighted by atomic mass is 10.1. The van der Waals surface area contributed by atoms with Gasteiger partial charge in [-0.1, -0.05) is 40.2 Å². The highest BCUT2D eigenvalue weighted by Gasteiger charge is 2.10. The van der Waals surface area contributed by atoms with E-state index in [0.717, 1.165) is 10.2 Å². The molecule has 1 aliphatic carbocycles. The largest absolute Gasteiger partial charge is 0.489 e. The molecule has 92 valence electrons. The number of rotatable bonds is 3. The van der Waals surface area contributed by atoms with Gasteiger partial charge in [0.15, 0.2) is 0 Å². The van der Waals surface area contributed by atoms with Crippen molar-refractivity contribution >= 4 is 15.9 Å². The quantitative estimate of drug-likeness (QED) is 0.810. The molecule has 0 atom stereocenters. The number of hydrogen-bond donors (Lipinski definition) is 0. The minimum atomic E-state index is 0.643. The standard InChI is InChI=1S/C16H15BrO/c17-15-5-2-6-16(10-15)18-11-12-7-8-13-3-1-4-14(13)9-12/h2,5-10H,1,3-4,11H2. The Morgan fingerprint density at radius 1 is 1.00 bits per heavy atom. The minimum absolute atomic E-state index is 0.643. The van der Waals surface area contributed by atoms with Gasteiger partial charge in [-0.2, -0.15) is 0 Å². The van der Waals surface area contributed by atoms with E-state index >= 15 is 0 Å². The van der Waals surface area contributed by atoms with Crippen LogP contribution < -0.4 is 4.74 Å². The maximum Gasteiger partial charge on any atom is 0.120 e. The summed E-state index contributed by atoms with van der Waals surface area (Å²) in [4.78, 5) is 0. The fourth-order valence-corrected chi connectivity index (χ4v) is 2.82. The zero-order valence-corrected chi connectivity index (χ0v) is 11.7. The molecule has 0 fully saturated rings. The van der Waals surface area contributed by atoms with Crippen LogP contribution >= 0.6 is 15.9 Å². The van der Waals surface area contributed by atoms with Gasteiger partial charge in [0.1, 0.15) is 12.4 Å². The number of ether oxygens (including phenoxy) is 1. The van der Waals surface area contributed by atoms with Gasteiger partial charge in [0.25, 0.3) is 0 Å². The van der Waals surface area contributed by atoms with Crippen molar-refractivity contribution in [2.75, 3.05) is 0 Å². The zero-order valence-electron chi connectivity index (χ0n) is 10.2. The van der Waals surface area contributed by atoms with Crippen molar-refractivity contribution in [1.29, 1.82) is 0 Å². The molecule has 0 heterocycles. The highest BCUT2D eigenvalue weighted by Crippen LogP contribution is 2.24. The summed E-state index contributed by atoms with van der Waals surface area (Å²) in [5.74, 6) is 0.907. The van der Waals surface area contributed by atoms with Crippen LogP contribution in [0.3, 0.4) is 0 Å². The predicted molar refractivity (Wildman–Crippen MR) is 76.9 cm³/mol. The van der Waals surface area contributed by atoms with Crippen LogP contribution in [0.5, 0.6) is 5.75 Å². The number of fused-ring (bicyclic) bond motifs is 1. The molecule has 3 rings (SSSR count). The summed E-state index contributed by atoms with van der Waals surface area (Å²) in [6, 6.07) is 14.7. The molecule has 0 radical (unpaired) electrons. The van der Waals surface area contributed by atoms with Crippen LogP contribution in [0, 0.1) is 0 Å². The molecular formula is C16H15BrO. The second-order valence-corrected chi connectivity index (χ2v) is 5.62. The predicted octanol–water partition coefficient (Wildman–Crippen LogP) is 4.52. The van der Waals surface area contributed by atoms with Gasteiger partial charge in [0.2, 0.25) is 0 Å². The SMILES string of the molecule is Brc1cccc(OCc2ccc3c(c2)CCC3)c1. The molecule has 0 saturated heterocycles. The lowest BCUT2D eigenvalue weighted by Crippen LogP contribution is -1.96. The highest BCUT2D eigenvalue weighted by atomic mass is 79.9. The summed E-state index contributed by atoms with van der Waals surface area (Å²) in [6.07, 6.45) is 3.76. The van der Waals surface area contributed by atoms with Crippen molar-refractivity contribution in [3.05, 3.63) is 63.6 Å². The fraction of sp³-hybridized carbons (Fsp3) is 0.250. The van der Waals surface area contributed by atoms with Gasteiger partial charge in [-0.3, -0.25) is 0 Å². The van der Waals surface area contributed by atoms with Crippen molar-refractivity contribution in [3.63, 3.8) is 0 Å². The Kier molecular flexibility index (Phi) is 3.37. The van der Waals surface area contributed by atoms with Crippen LogP contribution in [0.1, 0.15) is 23.1 Å². The molecule has 18 heavy (non-hydrogen) atoms. The van der Waals surface area contributed by atoms with Crippen molar-refractivity contribution < 1.29 is 4.74 Å². The third kappa shape index (κ3) is 2.59. The first-order chi connectivity index (χ1) is 8.81. The van der Waals surface area contributed by atoms with Gasteiger partial charge >= 0.3 is 0 Å². The Morgan fingerprint density at radius 2 is 1.89 bits per heavy atom. The van der Waals surface area contributed by atoms with Crippen molar-refractivity contribution in [2.45, 2.75) is 25.9 Å². The molecule has 0 unspecified atom stereocenters. The lowest BCUT2D eigenvalue weighted by molar-refractivity contribution is 0.306. The van der Waals surface area contributed by atoms with E-state index in [9.17, 15) is 0 Å². The Labute approximate surface area is 116 Å². The summed E-state index contributed by atoms with van der Waals surface area (Å²) in [5.41, 5.74) is 4.28. The molecule has 0 N–H and O–H groups in total. The van der Waals surface area contributed by atoms with Crippen LogP contribution in [0.4, 0.5) is 0 Å².